The molecule has 100 valence electrons. The van der Waals surface area contributed by atoms with Crippen molar-refractivity contribution in [3.63, 3.8) is 0 Å². The number of anilines is 1. The van der Waals surface area contributed by atoms with Gasteiger partial charge in [0.1, 0.15) is 5.78 Å². The first kappa shape index (κ1) is 14.7. The molecule has 1 aromatic carbocycles. The Morgan fingerprint density at radius 1 is 1.22 bits per heavy atom. The van der Waals surface area contributed by atoms with Crippen molar-refractivity contribution in [2.45, 2.75) is 41.0 Å². The number of Topliss-reactive ketones (excluding diaryl/α,β-unsaturated/α-hetero) is 1. The number of hydrogen-bond donors (Lipinski definition) is 0. The molecular formula is C16H25NO. The van der Waals surface area contributed by atoms with E-state index in [1.807, 2.05) is 26.8 Å². The third-order valence-corrected chi connectivity index (χ3v) is 3.28. The normalized spacial score (nSPS) is 11.4. The molecule has 0 saturated heterocycles. The summed E-state index contributed by atoms with van der Waals surface area (Å²) in [6.07, 6.45) is 0.617. The van der Waals surface area contributed by atoms with Crippen LogP contribution in [0.4, 0.5) is 5.69 Å². The average Bonchev–Trinajstić information content (AvgIpc) is 2.30. The highest BCUT2D eigenvalue weighted by molar-refractivity contribution is 5.84. The summed E-state index contributed by atoms with van der Waals surface area (Å²) in [7, 11) is 0. The third-order valence-electron chi connectivity index (χ3n) is 3.28. The lowest BCUT2D eigenvalue weighted by molar-refractivity contribution is -0.126. The minimum Gasteiger partial charge on any atom is -0.371 e. The Hall–Kier alpha value is -1.31. The molecule has 0 spiro atoms. The molecule has 0 fully saturated rings. The molecule has 0 atom stereocenters. The Kier molecular flexibility index (Phi) is 4.94. The molecule has 1 rings (SSSR count). The van der Waals surface area contributed by atoms with Gasteiger partial charge < -0.3 is 4.90 Å². The first-order valence-corrected chi connectivity index (χ1v) is 6.70. The molecular weight excluding hydrogens is 222 g/mol. The van der Waals surface area contributed by atoms with Gasteiger partial charge in [0.15, 0.2) is 0 Å². The first-order chi connectivity index (χ1) is 8.36. The average molecular weight is 247 g/mol. The van der Waals surface area contributed by atoms with Crippen molar-refractivity contribution < 1.29 is 4.79 Å². The highest BCUT2D eigenvalue weighted by atomic mass is 16.1. The Morgan fingerprint density at radius 2 is 1.83 bits per heavy atom. The number of carbonyl (C=O) groups is 1. The zero-order chi connectivity index (χ0) is 13.8. The summed E-state index contributed by atoms with van der Waals surface area (Å²) in [5.41, 5.74) is 2.27. The van der Waals surface area contributed by atoms with Crippen LogP contribution in [0.3, 0.4) is 0 Å². The summed E-state index contributed by atoms with van der Waals surface area (Å²) in [5.74, 6) is 0.328. The third kappa shape index (κ3) is 3.86. The molecule has 0 bridgehead atoms. The Morgan fingerprint density at radius 3 is 2.33 bits per heavy atom. The second-order valence-corrected chi connectivity index (χ2v) is 5.79. The van der Waals surface area contributed by atoms with E-state index in [0.29, 0.717) is 12.2 Å². The molecule has 0 aliphatic heterocycles. The lowest BCUT2D eigenvalue weighted by Crippen LogP contribution is -2.30. The molecule has 0 aliphatic carbocycles. The fourth-order valence-electron chi connectivity index (χ4n) is 1.98. The van der Waals surface area contributed by atoms with Gasteiger partial charge in [-0.25, -0.2) is 0 Å². The number of aryl methyl sites for hydroxylation is 1. The van der Waals surface area contributed by atoms with Gasteiger partial charge in [0.2, 0.25) is 0 Å². The lowest BCUT2D eigenvalue weighted by atomic mass is 9.89. The number of ketones is 1. The molecule has 0 aliphatic rings. The van der Waals surface area contributed by atoms with E-state index >= 15 is 0 Å². The van der Waals surface area contributed by atoms with Crippen molar-refractivity contribution in [3.8, 4) is 0 Å². The topological polar surface area (TPSA) is 20.3 Å². The Labute approximate surface area is 111 Å². The van der Waals surface area contributed by atoms with Gasteiger partial charge in [-0.2, -0.15) is 0 Å². The lowest BCUT2D eigenvalue weighted by Gasteiger charge is -2.26. The zero-order valence-electron chi connectivity index (χ0n) is 12.3. The smallest absolute Gasteiger partial charge is 0.139 e. The highest BCUT2D eigenvalue weighted by Crippen LogP contribution is 2.21. The van der Waals surface area contributed by atoms with Gasteiger partial charge in [0, 0.05) is 30.6 Å². The largest absolute Gasteiger partial charge is 0.371 e. The Bertz CT molecular complexity index is 404. The van der Waals surface area contributed by atoms with Gasteiger partial charge in [-0.1, -0.05) is 39.0 Å². The zero-order valence-corrected chi connectivity index (χ0v) is 12.3. The number of hydrogen-bond acceptors (Lipinski definition) is 2. The maximum Gasteiger partial charge on any atom is 0.139 e. The predicted molar refractivity (Wildman–Crippen MR) is 78.1 cm³/mol. The van der Waals surface area contributed by atoms with Crippen LogP contribution in [0.2, 0.25) is 0 Å². The molecule has 18 heavy (non-hydrogen) atoms. The van der Waals surface area contributed by atoms with Gasteiger partial charge >= 0.3 is 0 Å². The van der Waals surface area contributed by atoms with E-state index in [0.717, 1.165) is 13.1 Å². The van der Waals surface area contributed by atoms with E-state index in [1.165, 1.54) is 11.3 Å². The molecule has 0 N–H and O–H groups in total. The van der Waals surface area contributed by atoms with E-state index in [-0.39, 0.29) is 5.41 Å². The van der Waals surface area contributed by atoms with Crippen molar-refractivity contribution in [1.82, 2.24) is 0 Å². The number of rotatable bonds is 5. The molecule has 0 aromatic heterocycles. The molecule has 0 amide bonds. The number of nitrogens with zero attached hydrogens (tertiary/aromatic N) is 1. The van der Waals surface area contributed by atoms with Gasteiger partial charge in [0.05, 0.1) is 0 Å². The van der Waals surface area contributed by atoms with Crippen molar-refractivity contribution in [2.24, 2.45) is 5.41 Å². The Balaban J connectivity index is 2.70. The van der Waals surface area contributed by atoms with Crippen LogP contribution in [-0.2, 0) is 4.79 Å². The van der Waals surface area contributed by atoms with Crippen molar-refractivity contribution in [2.75, 3.05) is 18.0 Å². The summed E-state index contributed by atoms with van der Waals surface area (Å²) >= 11 is 0. The number of carbonyl (C=O) groups excluding carboxylic acids is 1. The van der Waals surface area contributed by atoms with Crippen molar-refractivity contribution in [1.29, 1.82) is 0 Å². The highest BCUT2D eigenvalue weighted by Gasteiger charge is 2.21. The van der Waals surface area contributed by atoms with Crippen LogP contribution >= 0.6 is 0 Å². The molecule has 0 saturated carbocycles. The van der Waals surface area contributed by atoms with E-state index in [2.05, 4.69) is 36.9 Å². The number of benzene rings is 1. The summed E-state index contributed by atoms with van der Waals surface area (Å²) in [5, 5.41) is 0. The van der Waals surface area contributed by atoms with E-state index in [9.17, 15) is 4.79 Å². The maximum absolute atomic E-state index is 12.0. The second-order valence-electron chi connectivity index (χ2n) is 5.79. The molecule has 0 heterocycles. The van der Waals surface area contributed by atoms with E-state index in [1.54, 1.807) is 0 Å². The molecule has 0 radical (unpaired) electrons. The van der Waals surface area contributed by atoms with Crippen LogP contribution in [0.25, 0.3) is 0 Å². The summed E-state index contributed by atoms with van der Waals surface area (Å²) in [6, 6.07) is 8.34. The van der Waals surface area contributed by atoms with Gasteiger partial charge in [-0.15, -0.1) is 0 Å². The van der Waals surface area contributed by atoms with Gasteiger partial charge in [-0.3, -0.25) is 4.79 Å². The minimum absolute atomic E-state index is 0.231. The molecule has 0 unspecified atom stereocenters. The predicted octanol–water partition coefficient (Wildman–Crippen LogP) is 3.83. The van der Waals surface area contributed by atoms with Crippen LogP contribution in [0.5, 0.6) is 0 Å². The monoisotopic (exact) mass is 247 g/mol. The van der Waals surface area contributed by atoms with Gasteiger partial charge in [-0.05, 0) is 25.5 Å². The van der Waals surface area contributed by atoms with Crippen LogP contribution in [-0.4, -0.2) is 18.9 Å². The van der Waals surface area contributed by atoms with Crippen molar-refractivity contribution in [3.05, 3.63) is 29.8 Å². The fraction of sp³-hybridized carbons (Fsp3) is 0.562. The summed E-state index contributed by atoms with van der Waals surface area (Å²) in [6.45, 7) is 11.9. The molecule has 2 nitrogen and oxygen atoms in total. The summed E-state index contributed by atoms with van der Waals surface area (Å²) < 4.78 is 0. The van der Waals surface area contributed by atoms with Crippen LogP contribution in [0, 0.1) is 12.3 Å². The van der Waals surface area contributed by atoms with Crippen molar-refractivity contribution >= 4 is 11.5 Å². The van der Waals surface area contributed by atoms with Gasteiger partial charge in [0.25, 0.3) is 0 Å². The van der Waals surface area contributed by atoms with E-state index < -0.39 is 0 Å². The molecule has 2 heteroatoms. The van der Waals surface area contributed by atoms with E-state index in [4.69, 9.17) is 0 Å². The molecule has 1 aromatic rings. The quantitative estimate of drug-likeness (QED) is 0.788. The fourth-order valence-corrected chi connectivity index (χ4v) is 1.98. The SMILES string of the molecule is CCN(CCC(=O)C(C)(C)C)c1ccccc1C. The summed E-state index contributed by atoms with van der Waals surface area (Å²) in [4.78, 5) is 14.3. The number of para-hydroxylation sites is 1. The minimum atomic E-state index is -0.231. The first-order valence-electron chi connectivity index (χ1n) is 6.70. The maximum atomic E-state index is 12.0. The van der Waals surface area contributed by atoms with Crippen LogP contribution < -0.4 is 4.90 Å². The standard InChI is InChI=1S/C16H25NO/c1-6-17(12-11-15(18)16(3,4)5)14-10-8-7-9-13(14)2/h7-10H,6,11-12H2,1-5H3. The second kappa shape index (κ2) is 6.03. The van der Waals surface area contributed by atoms with Crippen LogP contribution in [0.1, 0.15) is 39.7 Å². The van der Waals surface area contributed by atoms with Crippen LogP contribution in [0.15, 0.2) is 24.3 Å².